The van der Waals surface area contributed by atoms with Gasteiger partial charge in [0.15, 0.2) is 0 Å². The molecule has 2 aliphatic rings. The van der Waals surface area contributed by atoms with Gasteiger partial charge in [-0.3, -0.25) is 0 Å². The highest BCUT2D eigenvalue weighted by Crippen LogP contribution is 2.57. The lowest BCUT2D eigenvalue weighted by Gasteiger charge is -2.36. The van der Waals surface area contributed by atoms with Crippen molar-refractivity contribution in [3.8, 4) is 33.4 Å². The van der Waals surface area contributed by atoms with Crippen LogP contribution in [0.3, 0.4) is 0 Å². The number of nitrogens with zero attached hydrogens (tertiary/aromatic N) is 2. The van der Waals surface area contributed by atoms with Crippen LogP contribution in [0.2, 0.25) is 0 Å². The fraction of sp³-hybridized carbons (Fsp3) is 0.571. The van der Waals surface area contributed by atoms with Crippen LogP contribution < -0.4 is 0 Å². The zero-order chi connectivity index (χ0) is 41.2. The largest absolute Gasteiger partial charge is 0.329 e. The van der Waals surface area contributed by atoms with Crippen LogP contribution in [0.1, 0.15) is 166 Å². The number of benzene rings is 4. The monoisotopic (exact) mass is 783 g/mol. The number of quaternary nitrogens is 2. The Morgan fingerprint density at radius 2 is 0.707 bits per heavy atom. The topological polar surface area (TPSA) is 0 Å². The summed E-state index contributed by atoms with van der Waals surface area (Å²) in [7, 11) is 9.64. The van der Waals surface area contributed by atoms with Crippen molar-refractivity contribution in [1.82, 2.24) is 0 Å². The van der Waals surface area contributed by atoms with Crippen LogP contribution in [0, 0.1) is 0 Å². The van der Waals surface area contributed by atoms with Gasteiger partial charge in [-0.25, -0.2) is 0 Å². The van der Waals surface area contributed by atoms with Crippen molar-refractivity contribution in [2.24, 2.45) is 0 Å². The van der Waals surface area contributed by atoms with E-state index < -0.39 is 0 Å². The lowest BCUT2D eigenvalue weighted by atomic mass is 9.70. The Hall–Kier alpha value is -3.20. The summed E-state index contributed by atoms with van der Waals surface area (Å²) < 4.78 is 2.17. The molecule has 2 aliphatic carbocycles. The van der Waals surface area contributed by atoms with Crippen LogP contribution in [-0.2, 0) is 10.8 Å². The normalized spacial score (nSPS) is 15.0. The van der Waals surface area contributed by atoms with Crippen LogP contribution in [-0.4, -0.2) is 63.3 Å². The molecule has 0 heterocycles. The maximum atomic E-state index is 2.68. The van der Waals surface area contributed by atoms with Gasteiger partial charge in [-0.2, -0.15) is 0 Å². The molecule has 314 valence electrons. The molecule has 0 saturated heterocycles. The zero-order valence-corrected chi connectivity index (χ0v) is 38.5. The predicted molar refractivity (Wildman–Crippen MR) is 254 cm³/mol. The minimum Gasteiger partial charge on any atom is -0.329 e. The van der Waals surface area contributed by atoms with Crippen LogP contribution >= 0.6 is 0 Å². The van der Waals surface area contributed by atoms with Crippen molar-refractivity contribution in [1.29, 1.82) is 0 Å². The quantitative estimate of drug-likeness (QED) is 0.0464. The Morgan fingerprint density at radius 3 is 1.10 bits per heavy atom. The molecule has 4 aromatic carbocycles. The van der Waals surface area contributed by atoms with Crippen LogP contribution in [0.4, 0.5) is 0 Å². The molecule has 0 atom stereocenters. The number of hydrogen-bond donors (Lipinski definition) is 0. The molecule has 0 spiro atoms. The summed E-state index contributed by atoms with van der Waals surface area (Å²) in [5.41, 5.74) is 15.3. The van der Waals surface area contributed by atoms with Crippen molar-refractivity contribution in [3.63, 3.8) is 0 Å². The molecule has 6 rings (SSSR count). The van der Waals surface area contributed by atoms with E-state index in [-0.39, 0.29) is 10.8 Å². The Labute approximate surface area is 356 Å². The summed E-state index contributed by atoms with van der Waals surface area (Å²) >= 11 is 0. The van der Waals surface area contributed by atoms with Crippen molar-refractivity contribution in [3.05, 3.63) is 107 Å². The first-order valence-corrected chi connectivity index (χ1v) is 24.2. The molecule has 0 radical (unpaired) electrons. The van der Waals surface area contributed by atoms with E-state index in [0.29, 0.717) is 0 Å². The van der Waals surface area contributed by atoms with Gasteiger partial charge in [-0.05, 0) is 120 Å². The molecule has 4 aromatic rings. The SMILES string of the molecule is CCCCCCCCC1(CCCCCCCC)c2ccccc2-c2ccc(-c3ccc4c(c3)C(CCC[N+](C)(C)CC)(CCC[N+](C)(C)CC)c3ccccc3-4)cc21. The van der Waals surface area contributed by atoms with E-state index in [9.17, 15) is 0 Å². The number of fused-ring (bicyclic) bond motifs is 6. The smallest absolute Gasteiger partial charge is 0.0782 e. The van der Waals surface area contributed by atoms with Crippen molar-refractivity contribution < 1.29 is 8.97 Å². The van der Waals surface area contributed by atoms with E-state index in [1.54, 1.807) is 22.3 Å². The first kappa shape index (κ1) is 44.4. The Morgan fingerprint density at radius 1 is 0.362 bits per heavy atom. The summed E-state index contributed by atoms with van der Waals surface area (Å²) in [5.74, 6) is 0. The molecule has 0 aromatic heterocycles. The molecule has 0 aliphatic heterocycles. The average molecular weight is 783 g/mol. The standard InChI is InChI=1S/C56H82N2/c1-9-13-15-17-19-25-37-55(38-26-20-18-16-14-10-2)51-31-23-21-29-47(51)49-35-33-45(43-53(49)55)46-34-36-50-48-30-22-24-32-52(48)56(54(50)44-46,39-27-41-57(5,6)11-3)40-28-42-58(7,8)12-4/h21-24,29-36,43-44H,9-20,25-28,37-42H2,1-8H3/q+2. The van der Waals surface area contributed by atoms with Gasteiger partial charge in [-0.1, -0.05) is 164 Å². The highest BCUT2D eigenvalue weighted by molar-refractivity contribution is 5.87. The Kier molecular flexibility index (Phi) is 15.2. The molecule has 0 unspecified atom stereocenters. The second-order valence-corrected chi connectivity index (χ2v) is 20.0. The summed E-state index contributed by atoms with van der Waals surface area (Å²) in [6.45, 7) is 14.1. The molecule has 0 amide bonds. The first-order valence-electron chi connectivity index (χ1n) is 24.2. The van der Waals surface area contributed by atoms with Gasteiger partial charge < -0.3 is 8.97 Å². The van der Waals surface area contributed by atoms with Crippen molar-refractivity contribution in [2.75, 3.05) is 54.4 Å². The second kappa shape index (κ2) is 19.9. The van der Waals surface area contributed by atoms with Gasteiger partial charge in [0.2, 0.25) is 0 Å². The molecular formula is C56H82N2+2. The van der Waals surface area contributed by atoms with Gasteiger partial charge in [0.1, 0.15) is 0 Å². The minimum atomic E-state index is 0.0374. The fourth-order valence-corrected chi connectivity index (χ4v) is 10.9. The second-order valence-electron chi connectivity index (χ2n) is 20.0. The summed E-state index contributed by atoms with van der Waals surface area (Å²) in [5, 5.41) is 0. The lowest BCUT2D eigenvalue weighted by Crippen LogP contribution is -2.42. The van der Waals surface area contributed by atoms with Gasteiger partial charge in [0, 0.05) is 10.8 Å². The maximum absolute atomic E-state index is 2.68. The summed E-state index contributed by atoms with van der Waals surface area (Å²) in [4.78, 5) is 0. The van der Waals surface area contributed by atoms with E-state index in [1.165, 1.54) is 175 Å². The highest BCUT2D eigenvalue weighted by Gasteiger charge is 2.44. The van der Waals surface area contributed by atoms with E-state index in [4.69, 9.17) is 0 Å². The van der Waals surface area contributed by atoms with Crippen molar-refractivity contribution >= 4 is 0 Å². The third-order valence-electron chi connectivity index (χ3n) is 15.2. The first-order chi connectivity index (χ1) is 28.0. The van der Waals surface area contributed by atoms with Gasteiger partial charge in [-0.15, -0.1) is 0 Å². The third-order valence-corrected chi connectivity index (χ3v) is 15.2. The minimum absolute atomic E-state index is 0.0374. The number of unbranched alkanes of at least 4 members (excludes halogenated alkanes) is 10. The predicted octanol–water partition coefficient (Wildman–Crippen LogP) is 15.1. The summed E-state index contributed by atoms with van der Waals surface area (Å²) in [6.07, 6.45) is 23.7. The lowest BCUT2D eigenvalue weighted by molar-refractivity contribution is -0.889. The summed E-state index contributed by atoms with van der Waals surface area (Å²) in [6, 6.07) is 34.3. The molecule has 2 heteroatoms. The zero-order valence-electron chi connectivity index (χ0n) is 38.5. The Balaban J connectivity index is 1.41. The van der Waals surface area contributed by atoms with E-state index in [2.05, 4.69) is 141 Å². The van der Waals surface area contributed by atoms with Gasteiger partial charge in [0.05, 0.1) is 54.4 Å². The highest BCUT2D eigenvalue weighted by atomic mass is 15.3. The Bertz CT molecular complexity index is 1870. The number of hydrogen-bond acceptors (Lipinski definition) is 0. The van der Waals surface area contributed by atoms with E-state index >= 15 is 0 Å². The molecule has 0 fully saturated rings. The number of rotatable bonds is 25. The molecule has 0 N–H and O–H groups in total. The molecule has 0 saturated carbocycles. The third kappa shape index (κ3) is 9.71. The van der Waals surface area contributed by atoms with Crippen LogP contribution in [0.25, 0.3) is 33.4 Å². The average Bonchev–Trinajstić information content (AvgIpc) is 3.66. The maximum Gasteiger partial charge on any atom is 0.0782 e. The molecule has 58 heavy (non-hydrogen) atoms. The van der Waals surface area contributed by atoms with Gasteiger partial charge >= 0.3 is 0 Å². The molecular weight excluding hydrogens is 701 g/mol. The van der Waals surface area contributed by atoms with E-state index in [1.807, 2.05) is 0 Å². The van der Waals surface area contributed by atoms with Crippen molar-refractivity contribution in [2.45, 2.75) is 154 Å². The fourth-order valence-electron chi connectivity index (χ4n) is 10.9. The van der Waals surface area contributed by atoms with Crippen LogP contribution in [0.15, 0.2) is 84.9 Å². The van der Waals surface area contributed by atoms with Gasteiger partial charge in [0.25, 0.3) is 0 Å². The molecule has 0 bridgehead atoms. The van der Waals surface area contributed by atoms with Crippen LogP contribution in [0.5, 0.6) is 0 Å². The van der Waals surface area contributed by atoms with E-state index in [0.717, 1.165) is 8.97 Å². The molecule has 2 nitrogen and oxygen atoms in total.